The quantitative estimate of drug-likeness (QED) is 0.522. The van der Waals surface area contributed by atoms with Gasteiger partial charge < -0.3 is 15.4 Å². The van der Waals surface area contributed by atoms with Crippen molar-refractivity contribution < 1.29 is 15.4 Å². The van der Waals surface area contributed by atoms with Gasteiger partial charge in [0.1, 0.15) is 0 Å². The molecule has 0 aliphatic heterocycles. The van der Waals surface area contributed by atoms with E-state index in [4.69, 9.17) is 0 Å². The summed E-state index contributed by atoms with van der Waals surface area (Å²) < 4.78 is 0. The third-order valence-electron chi connectivity index (χ3n) is 0.984. The van der Waals surface area contributed by atoms with Crippen LogP contribution in [0.4, 0.5) is 0 Å². The second-order valence-electron chi connectivity index (χ2n) is 1.83. The Morgan fingerprint density at radius 1 is 1.40 bits per heavy atom. The number of unbranched alkanes of at least 4 members (excludes halogenated alkanes) is 2. The number of aliphatic carboxylic acids is 1. The normalized spacial score (nSPS) is 7.30. The van der Waals surface area contributed by atoms with Crippen molar-refractivity contribution in [3.8, 4) is 0 Å². The van der Waals surface area contributed by atoms with Crippen LogP contribution in [0.25, 0.3) is 0 Å². The monoisotopic (exact) mass is 270 g/mol. The van der Waals surface area contributed by atoms with Gasteiger partial charge in [-0.2, -0.15) is 0 Å². The molecule has 0 amide bonds. The zero-order valence-corrected chi connectivity index (χ0v) is 10.7. The summed E-state index contributed by atoms with van der Waals surface area (Å²) in [6.07, 6.45) is 3.04. The number of hydrogen-bond acceptors (Lipinski definition) is 3. The number of hydrogen-bond donors (Lipinski definition) is 0. The molecule has 0 atom stereocenters. The molecule has 0 rings (SSSR count). The molecule has 4 heteroatoms. The number of carboxylic acids is 1. The summed E-state index contributed by atoms with van der Waals surface area (Å²) >= 11 is 0. The first kappa shape index (κ1) is 17.2. The van der Waals surface area contributed by atoms with E-state index in [-0.39, 0.29) is 60.8 Å². The van der Waals surface area contributed by atoms with Crippen LogP contribution in [0.2, 0.25) is 0 Å². The van der Waals surface area contributed by atoms with Gasteiger partial charge in [0, 0.05) is 5.97 Å². The molecule has 0 saturated carbocycles. The Bertz CT molecular complexity index is 75.4. The van der Waals surface area contributed by atoms with Gasteiger partial charge in [-0.15, -0.1) is 0 Å². The molecule has 10 heavy (non-hydrogen) atoms. The van der Waals surface area contributed by atoms with E-state index in [0.717, 1.165) is 19.3 Å². The molecule has 3 nitrogen and oxygen atoms in total. The van der Waals surface area contributed by atoms with Gasteiger partial charge in [0.2, 0.25) is 0 Å². The molecule has 56 valence electrons. The van der Waals surface area contributed by atoms with E-state index in [2.05, 4.69) is 0 Å². The summed E-state index contributed by atoms with van der Waals surface area (Å²) in [5.74, 6) is -0.932. The summed E-state index contributed by atoms with van der Waals surface area (Å²) in [5, 5.41) is 9.76. The minimum atomic E-state index is -0.932. The van der Waals surface area contributed by atoms with Crippen molar-refractivity contribution in [2.45, 2.75) is 32.6 Å². The molecule has 0 aliphatic carbocycles. The van der Waals surface area contributed by atoms with Gasteiger partial charge in [-0.1, -0.05) is 19.8 Å². The smallest absolute Gasteiger partial charge is 0.870 e. The molecule has 0 unspecified atom stereocenters. The van der Waals surface area contributed by atoms with E-state index in [0.29, 0.717) is 0 Å². The predicted molar refractivity (Wildman–Crippen MR) is 36.8 cm³/mol. The average Bonchev–Trinajstić information content (AvgIpc) is 1.66. The Labute approximate surface area is 102 Å². The van der Waals surface area contributed by atoms with Crippen LogP contribution in [0, 0.1) is 0 Å². The van der Waals surface area contributed by atoms with E-state index < -0.39 is 5.97 Å². The zero-order chi connectivity index (χ0) is 6.41. The number of carboxylic acid groups (broad SMARTS) is 1. The third kappa shape index (κ3) is 16.0. The zero-order valence-electron chi connectivity index (χ0n) is 6.30. The Hall–Kier alpha value is 1.00. The van der Waals surface area contributed by atoms with Gasteiger partial charge >= 0.3 is 48.9 Å². The molecule has 0 saturated heterocycles. The van der Waals surface area contributed by atoms with E-state index in [9.17, 15) is 9.90 Å². The van der Waals surface area contributed by atoms with Crippen LogP contribution < -0.4 is 5.11 Å². The Kier molecular flexibility index (Phi) is 21.8. The average molecular weight is 269 g/mol. The van der Waals surface area contributed by atoms with E-state index in [1.165, 1.54) is 0 Å². The van der Waals surface area contributed by atoms with Gasteiger partial charge in [0.05, 0.1) is 0 Å². The Morgan fingerprint density at radius 3 is 2.20 bits per heavy atom. The molecule has 1 N–H and O–H groups in total. The molecule has 0 aromatic carbocycles. The molecule has 0 heterocycles. The van der Waals surface area contributed by atoms with Crippen molar-refractivity contribution in [3.05, 3.63) is 0 Å². The van der Waals surface area contributed by atoms with Crippen LogP contribution in [-0.4, -0.2) is 60.3 Å². The van der Waals surface area contributed by atoms with E-state index in [1.54, 1.807) is 0 Å². The molecule has 0 aliphatic rings. The Morgan fingerprint density at radius 2 is 1.90 bits per heavy atom. The predicted octanol–water partition coefficient (Wildman–Crippen LogP) is -0.241. The standard InChI is InChI=1S/C6H12O2.Ba.H2O/c1-2-3-4-5-6(7)8;;/h2-5H2,1H3,(H,7,8);;1H2/q;+2;/p-2. The van der Waals surface area contributed by atoms with Gasteiger partial charge in [0.25, 0.3) is 0 Å². The van der Waals surface area contributed by atoms with Gasteiger partial charge in [-0.3, -0.25) is 0 Å². The summed E-state index contributed by atoms with van der Waals surface area (Å²) in [6.45, 7) is 2.04. The van der Waals surface area contributed by atoms with Crippen LogP contribution in [0.15, 0.2) is 0 Å². The number of carbonyl (C=O) groups is 1. The number of carbonyl (C=O) groups excluding carboxylic acids is 1. The molecule has 0 aromatic rings. The molecule has 0 aromatic heterocycles. The molecule has 0 spiro atoms. The maximum absolute atomic E-state index is 9.76. The SMILES string of the molecule is CCCCCC(=O)[O-].[Ba+2].[OH-]. The second-order valence-corrected chi connectivity index (χ2v) is 1.83. The minimum Gasteiger partial charge on any atom is -0.870 e. The maximum Gasteiger partial charge on any atom is 2.00 e. The van der Waals surface area contributed by atoms with Crippen LogP contribution in [0.3, 0.4) is 0 Å². The largest absolute Gasteiger partial charge is 2.00 e. The van der Waals surface area contributed by atoms with Crippen molar-refractivity contribution in [1.82, 2.24) is 0 Å². The molecule has 0 fully saturated rings. The molecule has 0 radical (unpaired) electrons. The van der Waals surface area contributed by atoms with Crippen molar-refractivity contribution in [1.29, 1.82) is 0 Å². The van der Waals surface area contributed by atoms with Gasteiger partial charge in [0.15, 0.2) is 0 Å². The van der Waals surface area contributed by atoms with Crippen LogP contribution >= 0.6 is 0 Å². The van der Waals surface area contributed by atoms with E-state index in [1.807, 2.05) is 6.92 Å². The Balaban J connectivity index is -0.000000245. The summed E-state index contributed by atoms with van der Waals surface area (Å²) in [5.41, 5.74) is 0. The molecular weight excluding hydrogens is 257 g/mol. The minimum absolute atomic E-state index is 0. The van der Waals surface area contributed by atoms with Gasteiger partial charge in [-0.05, 0) is 12.8 Å². The first-order valence-electron chi connectivity index (χ1n) is 2.97. The summed E-state index contributed by atoms with van der Waals surface area (Å²) in [7, 11) is 0. The van der Waals surface area contributed by atoms with Crippen LogP contribution in [0.1, 0.15) is 32.6 Å². The summed E-state index contributed by atoms with van der Waals surface area (Å²) in [6, 6.07) is 0. The second kappa shape index (κ2) is 12.7. The fourth-order valence-electron chi connectivity index (χ4n) is 0.519. The first-order valence-corrected chi connectivity index (χ1v) is 2.97. The topological polar surface area (TPSA) is 70.1 Å². The van der Waals surface area contributed by atoms with Crippen molar-refractivity contribution >= 4 is 54.9 Å². The van der Waals surface area contributed by atoms with Crippen molar-refractivity contribution in [3.63, 3.8) is 0 Å². The number of rotatable bonds is 4. The first-order chi connectivity index (χ1) is 3.77. The summed E-state index contributed by atoms with van der Waals surface area (Å²) in [4.78, 5) is 9.76. The van der Waals surface area contributed by atoms with Crippen LogP contribution in [-0.2, 0) is 4.79 Å². The third-order valence-corrected chi connectivity index (χ3v) is 0.984. The molecular formula is C6H12BaO3. The maximum atomic E-state index is 9.76. The fourth-order valence-corrected chi connectivity index (χ4v) is 0.519. The van der Waals surface area contributed by atoms with Crippen molar-refractivity contribution in [2.75, 3.05) is 0 Å². The molecule has 0 bridgehead atoms. The fraction of sp³-hybridized carbons (Fsp3) is 0.833. The van der Waals surface area contributed by atoms with Crippen LogP contribution in [0.5, 0.6) is 0 Å². The van der Waals surface area contributed by atoms with E-state index >= 15 is 0 Å². The van der Waals surface area contributed by atoms with Crippen molar-refractivity contribution in [2.24, 2.45) is 0 Å². The van der Waals surface area contributed by atoms with Gasteiger partial charge in [-0.25, -0.2) is 0 Å².